The van der Waals surface area contributed by atoms with Gasteiger partial charge in [-0.2, -0.15) is 0 Å². The van der Waals surface area contributed by atoms with Crippen molar-refractivity contribution in [3.8, 4) is 0 Å². The third kappa shape index (κ3) is 3.75. The molecule has 0 fully saturated rings. The molecule has 0 unspecified atom stereocenters. The Kier molecular flexibility index (Phi) is 4.82. The Balaban J connectivity index is 2.30. The van der Waals surface area contributed by atoms with Gasteiger partial charge in [0.15, 0.2) is 0 Å². The van der Waals surface area contributed by atoms with Crippen LogP contribution in [0.5, 0.6) is 0 Å². The molecule has 21 heavy (non-hydrogen) atoms. The maximum absolute atomic E-state index is 11.6. The Hall–Kier alpha value is -2.49. The Bertz CT molecular complexity index is 608. The lowest BCUT2D eigenvalue weighted by Crippen LogP contribution is -2.26. The summed E-state index contributed by atoms with van der Waals surface area (Å²) in [5, 5.41) is 0. The lowest BCUT2D eigenvalue weighted by atomic mass is 10.1. The van der Waals surface area contributed by atoms with E-state index in [1.165, 1.54) is 0 Å². The van der Waals surface area contributed by atoms with Gasteiger partial charge in [-0.3, -0.25) is 4.79 Å². The van der Waals surface area contributed by atoms with Crippen LogP contribution in [0.4, 0.5) is 11.4 Å². The van der Waals surface area contributed by atoms with Crippen molar-refractivity contribution < 1.29 is 4.79 Å². The Morgan fingerprint density at radius 3 is 2.38 bits per heavy atom. The van der Waals surface area contributed by atoms with Gasteiger partial charge in [-0.1, -0.05) is 31.2 Å². The predicted octanol–water partition coefficient (Wildman–Crippen LogP) is 2.78. The van der Waals surface area contributed by atoms with E-state index in [-0.39, 0.29) is 0 Å². The van der Waals surface area contributed by atoms with Crippen LogP contribution < -0.4 is 16.4 Å². The molecule has 0 aliphatic carbocycles. The number of hydrogen-bond donors (Lipinski definition) is 2. The number of para-hydroxylation sites is 1. The van der Waals surface area contributed by atoms with Gasteiger partial charge in [0.2, 0.25) is 0 Å². The van der Waals surface area contributed by atoms with Crippen LogP contribution >= 0.6 is 0 Å². The van der Waals surface area contributed by atoms with Gasteiger partial charge in [0, 0.05) is 24.5 Å². The molecule has 0 aliphatic heterocycles. The van der Waals surface area contributed by atoms with Crippen LogP contribution in [0.15, 0.2) is 48.5 Å². The van der Waals surface area contributed by atoms with E-state index < -0.39 is 5.91 Å². The first kappa shape index (κ1) is 14.9. The van der Waals surface area contributed by atoms with Crippen molar-refractivity contribution in [3.05, 3.63) is 59.7 Å². The van der Waals surface area contributed by atoms with E-state index in [2.05, 4.69) is 11.8 Å². The zero-order chi connectivity index (χ0) is 15.2. The molecule has 0 aromatic heterocycles. The highest BCUT2D eigenvalue weighted by Crippen LogP contribution is 2.22. The van der Waals surface area contributed by atoms with E-state index in [1.807, 2.05) is 42.5 Å². The highest BCUT2D eigenvalue weighted by atomic mass is 16.1. The molecule has 0 heterocycles. The molecule has 4 heteroatoms. The third-order valence-corrected chi connectivity index (χ3v) is 3.36. The van der Waals surface area contributed by atoms with Crippen molar-refractivity contribution in [2.45, 2.75) is 19.9 Å². The molecule has 0 bridgehead atoms. The number of anilines is 2. The van der Waals surface area contributed by atoms with Crippen LogP contribution in [0.2, 0.25) is 0 Å². The fourth-order valence-electron chi connectivity index (χ4n) is 2.36. The molecule has 0 radical (unpaired) electrons. The summed E-state index contributed by atoms with van der Waals surface area (Å²) >= 11 is 0. The molecule has 2 aromatic carbocycles. The smallest absolute Gasteiger partial charge is 0.250 e. The van der Waals surface area contributed by atoms with Gasteiger partial charge in [-0.15, -0.1) is 0 Å². The van der Waals surface area contributed by atoms with Crippen LogP contribution in [-0.2, 0) is 6.54 Å². The third-order valence-electron chi connectivity index (χ3n) is 3.36. The molecule has 0 saturated heterocycles. The highest BCUT2D eigenvalue weighted by Gasteiger charge is 2.14. The molecule has 0 spiro atoms. The molecule has 110 valence electrons. The van der Waals surface area contributed by atoms with Crippen molar-refractivity contribution in [2.24, 2.45) is 5.73 Å². The molecule has 2 rings (SSSR count). The molecular formula is C17H21N3O. The van der Waals surface area contributed by atoms with Crippen molar-refractivity contribution in [1.82, 2.24) is 0 Å². The molecule has 0 atom stereocenters. The van der Waals surface area contributed by atoms with Crippen molar-refractivity contribution in [1.29, 1.82) is 0 Å². The zero-order valence-electron chi connectivity index (χ0n) is 12.3. The van der Waals surface area contributed by atoms with Crippen molar-refractivity contribution >= 4 is 17.3 Å². The largest absolute Gasteiger partial charge is 0.399 e. The van der Waals surface area contributed by atoms with Crippen LogP contribution in [0.1, 0.15) is 29.3 Å². The maximum Gasteiger partial charge on any atom is 0.250 e. The normalized spacial score (nSPS) is 10.3. The summed E-state index contributed by atoms with van der Waals surface area (Å²) < 4.78 is 0. The van der Waals surface area contributed by atoms with Gasteiger partial charge >= 0.3 is 0 Å². The highest BCUT2D eigenvalue weighted by molar-refractivity contribution is 5.98. The van der Waals surface area contributed by atoms with Gasteiger partial charge in [-0.05, 0) is 36.2 Å². The van der Waals surface area contributed by atoms with Gasteiger partial charge < -0.3 is 16.4 Å². The summed E-state index contributed by atoms with van der Waals surface area (Å²) in [7, 11) is 0. The van der Waals surface area contributed by atoms with E-state index >= 15 is 0 Å². The zero-order valence-corrected chi connectivity index (χ0v) is 12.3. The predicted molar refractivity (Wildman–Crippen MR) is 87.2 cm³/mol. The Labute approximate surface area is 125 Å². The Morgan fingerprint density at radius 2 is 1.76 bits per heavy atom. The van der Waals surface area contributed by atoms with Gasteiger partial charge in [-0.25, -0.2) is 0 Å². The van der Waals surface area contributed by atoms with Crippen LogP contribution in [0.3, 0.4) is 0 Å². The number of nitrogens with two attached hydrogens (primary N) is 2. The number of rotatable bonds is 6. The lowest BCUT2D eigenvalue weighted by Gasteiger charge is -2.26. The molecule has 4 nitrogen and oxygen atoms in total. The fraction of sp³-hybridized carbons (Fsp3) is 0.235. The molecule has 4 N–H and O–H groups in total. The summed E-state index contributed by atoms with van der Waals surface area (Å²) in [5.74, 6) is -0.399. The number of carbonyl (C=O) groups is 1. The van der Waals surface area contributed by atoms with E-state index in [0.717, 1.165) is 36.4 Å². The number of carbonyl (C=O) groups excluding carboxylic acids is 1. The Morgan fingerprint density at radius 1 is 1.10 bits per heavy atom. The van der Waals surface area contributed by atoms with Crippen LogP contribution in [0, 0.1) is 0 Å². The second-order valence-electron chi connectivity index (χ2n) is 5.04. The minimum atomic E-state index is -0.399. The lowest BCUT2D eigenvalue weighted by molar-refractivity contribution is 0.100. The number of hydrogen-bond acceptors (Lipinski definition) is 3. The minimum absolute atomic E-state index is 0.399. The standard InChI is InChI=1S/C17H21N3O/c1-2-11-20(12-13-7-9-14(18)10-8-13)16-6-4-3-5-15(16)17(19)21/h3-10H,2,11-12,18H2,1H3,(H2,19,21). The van der Waals surface area contributed by atoms with Crippen LogP contribution in [-0.4, -0.2) is 12.5 Å². The maximum atomic E-state index is 11.6. The molecule has 2 aromatic rings. The summed E-state index contributed by atoms with van der Waals surface area (Å²) in [4.78, 5) is 13.8. The van der Waals surface area contributed by atoms with Gasteiger partial charge in [0.1, 0.15) is 0 Å². The SMILES string of the molecule is CCCN(Cc1ccc(N)cc1)c1ccccc1C(N)=O. The number of amides is 1. The van der Waals surface area contributed by atoms with Gasteiger partial charge in [0.25, 0.3) is 5.91 Å². The quantitative estimate of drug-likeness (QED) is 0.801. The van der Waals surface area contributed by atoms with E-state index in [4.69, 9.17) is 11.5 Å². The second-order valence-corrected chi connectivity index (χ2v) is 5.04. The van der Waals surface area contributed by atoms with Crippen molar-refractivity contribution in [3.63, 3.8) is 0 Å². The summed E-state index contributed by atoms with van der Waals surface area (Å²) in [6.45, 7) is 3.69. The number of nitrogen functional groups attached to an aromatic ring is 1. The molecular weight excluding hydrogens is 262 g/mol. The summed E-state index contributed by atoms with van der Waals surface area (Å²) in [6.07, 6.45) is 0.988. The van der Waals surface area contributed by atoms with E-state index in [9.17, 15) is 4.79 Å². The summed E-state index contributed by atoms with van der Waals surface area (Å²) in [5.41, 5.74) is 14.5. The fourth-order valence-corrected chi connectivity index (χ4v) is 2.36. The monoisotopic (exact) mass is 283 g/mol. The van der Waals surface area contributed by atoms with Gasteiger partial charge in [0.05, 0.1) is 5.56 Å². The number of primary amides is 1. The number of nitrogens with zero attached hydrogens (tertiary/aromatic N) is 1. The second kappa shape index (κ2) is 6.79. The first-order valence-corrected chi connectivity index (χ1v) is 7.10. The van der Waals surface area contributed by atoms with Crippen molar-refractivity contribution in [2.75, 3.05) is 17.2 Å². The van der Waals surface area contributed by atoms with E-state index in [0.29, 0.717) is 5.56 Å². The average Bonchev–Trinajstić information content (AvgIpc) is 2.49. The first-order valence-electron chi connectivity index (χ1n) is 7.10. The number of benzene rings is 2. The minimum Gasteiger partial charge on any atom is -0.399 e. The first-order chi connectivity index (χ1) is 10.1. The molecule has 0 aliphatic rings. The molecule has 0 saturated carbocycles. The van der Waals surface area contributed by atoms with E-state index in [1.54, 1.807) is 6.07 Å². The van der Waals surface area contributed by atoms with Crippen LogP contribution in [0.25, 0.3) is 0 Å². The average molecular weight is 283 g/mol. The topological polar surface area (TPSA) is 72.3 Å². The summed E-state index contributed by atoms with van der Waals surface area (Å²) in [6, 6.07) is 15.2. The molecule has 1 amide bonds.